The lowest BCUT2D eigenvalue weighted by Gasteiger charge is -2.14. The largest absolute Gasteiger partial charge is 0.310 e. The standard InChI is InChI=1S/C14H27N3O2S/c1-4-8-15-14(5-2)13-11-16-17(12-13)9-7-10-20(18,19)6-3/h11-12,14-15H,4-10H2,1-3H3. The van der Waals surface area contributed by atoms with Crippen molar-refractivity contribution < 1.29 is 8.42 Å². The maximum atomic E-state index is 11.4. The molecular formula is C14H27N3O2S. The van der Waals surface area contributed by atoms with E-state index in [0.29, 0.717) is 19.0 Å². The average molecular weight is 301 g/mol. The summed E-state index contributed by atoms with van der Waals surface area (Å²) in [5.41, 5.74) is 1.18. The number of hydrogen-bond acceptors (Lipinski definition) is 4. The molecule has 0 aliphatic carbocycles. The quantitative estimate of drug-likeness (QED) is 0.719. The molecule has 1 rings (SSSR count). The van der Waals surface area contributed by atoms with E-state index in [9.17, 15) is 8.42 Å². The SMILES string of the molecule is CCCNC(CC)c1cnn(CCCS(=O)(=O)CC)c1. The van der Waals surface area contributed by atoms with Crippen molar-refractivity contribution >= 4 is 9.84 Å². The van der Waals surface area contributed by atoms with Crippen LogP contribution >= 0.6 is 0 Å². The van der Waals surface area contributed by atoms with Gasteiger partial charge in [0.05, 0.1) is 11.9 Å². The fourth-order valence-electron chi connectivity index (χ4n) is 2.09. The highest BCUT2D eigenvalue weighted by atomic mass is 32.2. The summed E-state index contributed by atoms with van der Waals surface area (Å²) in [4.78, 5) is 0. The first kappa shape index (κ1) is 17.2. The van der Waals surface area contributed by atoms with Crippen molar-refractivity contribution in [3.05, 3.63) is 18.0 Å². The van der Waals surface area contributed by atoms with Gasteiger partial charge >= 0.3 is 0 Å². The van der Waals surface area contributed by atoms with Crippen LogP contribution in [0, 0.1) is 0 Å². The maximum Gasteiger partial charge on any atom is 0.150 e. The summed E-state index contributed by atoms with van der Waals surface area (Å²) in [5, 5.41) is 7.81. The molecule has 0 amide bonds. The van der Waals surface area contributed by atoms with Gasteiger partial charge in [0.25, 0.3) is 0 Å². The topological polar surface area (TPSA) is 64.0 Å². The second-order valence-corrected chi connectivity index (χ2v) is 7.51. The molecule has 0 radical (unpaired) electrons. The average Bonchev–Trinajstić information content (AvgIpc) is 2.88. The zero-order valence-electron chi connectivity index (χ0n) is 12.8. The monoisotopic (exact) mass is 301 g/mol. The second-order valence-electron chi connectivity index (χ2n) is 5.04. The van der Waals surface area contributed by atoms with Crippen LogP contribution in [0.5, 0.6) is 0 Å². The molecule has 1 atom stereocenters. The molecule has 1 unspecified atom stereocenters. The summed E-state index contributed by atoms with van der Waals surface area (Å²) in [6.45, 7) is 7.64. The molecule has 0 spiro atoms. The lowest BCUT2D eigenvalue weighted by molar-refractivity contribution is 0.516. The molecule has 0 aliphatic rings. The first-order valence-electron chi connectivity index (χ1n) is 7.48. The number of hydrogen-bond donors (Lipinski definition) is 1. The van der Waals surface area contributed by atoms with Gasteiger partial charge < -0.3 is 5.32 Å². The van der Waals surface area contributed by atoms with Gasteiger partial charge in [-0.1, -0.05) is 20.8 Å². The van der Waals surface area contributed by atoms with Crippen LogP contribution in [0.1, 0.15) is 51.6 Å². The van der Waals surface area contributed by atoms with E-state index in [1.807, 2.05) is 17.1 Å². The Morgan fingerprint density at radius 2 is 2.10 bits per heavy atom. The lowest BCUT2D eigenvalue weighted by Crippen LogP contribution is -2.21. The Morgan fingerprint density at radius 1 is 1.35 bits per heavy atom. The van der Waals surface area contributed by atoms with Gasteiger partial charge in [0.1, 0.15) is 9.84 Å². The van der Waals surface area contributed by atoms with Crippen LogP contribution in [-0.2, 0) is 16.4 Å². The van der Waals surface area contributed by atoms with E-state index < -0.39 is 9.84 Å². The van der Waals surface area contributed by atoms with Crippen molar-refractivity contribution in [2.24, 2.45) is 0 Å². The number of sulfone groups is 1. The van der Waals surface area contributed by atoms with Crippen LogP contribution in [0.25, 0.3) is 0 Å². The summed E-state index contributed by atoms with van der Waals surface area (Å²) >= 11 is 0. The van der Waals surface area contributed by atoms with Crippen molar-refractivity contribution in [1.82, 2.24) is 15.1 Å². The molecule has 0 saturated heterocycles. The van der Waals surface area contributed by atoms with Gasteiger partial charge in [-0.15, -0.1) is 0 Å². The molecule has 1 aromatic rings. The Kier molecular flexibility index (Phi) is 7.23. The molecule has 5 nitrogen and oxygen atoms in total. The Balaban J connectivity index is 2.50. The van der Waals surface area contributed by atoms with Crippen LogP contribution < -0.4 is 5.32 Å². The number of nitrogens with zero attached hydrogens (tertiary/aromatic N) is 2. The van der Waals surface area contributed by atoms with Crippen LogP contribution in [0.4, 0.5) is 0 Å². The zero-order valence-corrected chi connectivity index (χ0v) is 13.6. The van der Waals surface area contributed by atoms with Gasteiger partial charge in [-0.05, 0) is 25.8 Å². The molecule has 0 fully saturated rings. The summed E-state index contributed by atoms with van der Waals surface area (Å²) < 4.78 is 24.7. The Hall–Kier alpha value is -0.880. The molecule has 20 heavy (non-hydrogen) atoms. The van der Waals surface area contributed by atoms with Crippen LogP contribution in [0.3, 0.4) is 0 Å². The molecule has 116 valence electrons. The van der Waals surface area contributed by atoms with Crippen LogP contribution in [0.15, 0.2) is 12.4 Å². The smallest absolute Gasteiger partial charge is 0.150 e. The predicted molar refractivity (Wildman–Crippen MR) is 82.5 cm³/mol. The third kappa shape index (κ3) is 5.63. The van der Waals surface area contributed by atoms with E-state index in [0.717, 1.165) is 19.4 Å². The highest BCUT2D eigenvalue weighted by Gasteiger charge is 2.11. The fraction of sp³-hybridized carbons (Fsp3) is 0.786. The minimum absolute atomic E-state index is 0.218. The Morgan fingerprint density at radius 3 is 2.70 bits per heavy atom. The molecule has 1 N–H and O–H groups in total. The van der Waals surface area contributed by atoms with E-state index in [1.54, 1.807) is 6.92 Å². The van der Waals surface area contributed by atoms with Gasteiger partial charge in [-0.2, -0.15) is 5.10 Å². The minimum Gasteiger partial charge on any atom is -0.310 e. The second kappa shape index (κ2) is 8.42. The van der Waals surface area contributed by atoms with E-state index >= 15 is 0 Å². The fourth-order valence-corrected chi connectivity index (χ4v) is 2.95. The number of aryl methyl sites for hydroxylation is 1. The van der Waals surface area contributed by atoms with Gasteiger partial charge in [-0.3, -0.25) is 4.68 Å². The normalized spacial score (nSPS) is 13.6. The summed E-state index contributed by atoms with van der Waals surface area (Å²) in [6.07, 6.45) is 6.66. The van der Waals surface area contributed by atoms with Crippen LogP contribution in [-0.4, -0.2) is 36.2 Å². The predicted octanol–water partition coefficient (Wildman–Crippen LogP) is 2.16. The molecule has 0 bridgehead atoms. The lowest BCUT2D eigenvalue weighted by atomic mass is 10.1. The first-order valence-corrected chi connectivity index (χ1v) is 9.30. The third-order valence-electron chi connectivity index (χ3n) is 3.39. The number of aromatic nitrogens is 2. The van der Waals surface area contributed by atoms with E-state index in [-0.39, 0.29) is 11.5 Å². The molecule has 1 heterocycles. The number of nitrogens with one attached hydrogen (secondary N) is 1. The Labute approximate surface area is 122 Å². The summed E-state index contributed by atoms with van der Waals surface area (Å²) in [7, 11) is -2.87. The van der Waals surface area contributed by atoms with Crippen molar-refractivity contribution in [1.29, 1.82) is 0 Å². The van der Waals surface area contributed by atoms with E-state index in [4.69, 9.17) is 0 Å². The first-order chi connectivity index (χ1) is 9.52. The van der Waals surface area contributed by atoms with Crippen molar-refractivity contribution in [3.8, 4) is 0 Å². The molecule has 1 aromatic heterocycles. The maximum absolute atomic E-state index is 11.4. The van der Waals surface area contributed by atoms with E-state index in [1.165, 1.54) is 5.56 Å². The van der Waals surface area contributed by atoms with Gasteiger partial charge in [0.2, 0.25) is 0 Å². The third-order valence-corrected chi connectivity index (χ3v) is 5.18. The van der Waals surface area contributed by atoms with Gasteiger partial charge in [-0.25, -0.2) is 8.42 Å². The molecule has 0 aliphatic heterocycles. The molecule has 6 heteroatoms. The van der Waals surface area contributed by atoms with Crippen molar-refractivity contribution in [2.75, 3.05) is 18.1 Å². The molecule has 0 saturated carbocycles. The van der Waals surface area contributed by atoms with Crippen molar-refractivity contribution in [3.63, 3.8) is 0 Å². The highest BCUT2D eigenvalue weighted by Crippen LogP contribution is 2.15. The summed E-state index contributed by atoms with van der Waals surface area (Å²) in [6, 6.07) is 0.336. The Bertz CT molecular complexity index is 482. The van der Waals surface area contributed by atoms with Gasteiger partial charge in [0, 0.05) is 30.1 Å². The molecule has 0 aromatic carbocycles. The van der Waals surface area contributed by atoms with Gasteiger partial charge in [0.15, 0.2) is 0 Å². The zero-order chi connectivity index (χ0) is 15.0. The summed E-state index contributed by atoms with van der Waals surface area (Å²) in [5.74, 6) is 0.459. The number of rotatable bonds is 10. The van der Waals surface area contributed by atoms with Crippen LogP contribution in [0.2, 0.25) is 0 Å². The highest BCUT2D eigenvalue weighted by molar-refractivity contribution is 7.91. The molecular weight excluding hydrogens is 274 g/mol. The van der Waals surface area contributed by atoms with E-state index in [2.05, 4.69) is 24.3 Å². The minimum atomic E-state index is -2.87. The van der Waals surface area contributed by atoms with Crippen molar-refractivity contribution in [2.45, 2.75) is 52.6 Å².